The number of rotatable bonds is 4. The van der Waals surface area contributed by atoms with Crippen molar-refractivity contribution in [2.75, 3.05) is 19.6 Å². The maximum absolute atomic E-state index is 11.7. The molecule has 0 aliphatic carbocycles. The van der Waals surface area contributed by atoms with E-state index in [9.17, 15) is 4.79 Å². The van der Waals surface area contributed by atoms with Gasteiger partial charge in [-0.25, -0.2) is 4.79 Å². The van der Waals surface area contributed by atoms with Gasteiger partial charge in [0.15, 0.2) is 0 Å². The summed E-state index contributed by atoms with van der Waals surface area (Å²) in [6.45, 7) is 10.7. The van der Waals surface area contributed by atoms with Crippen molar-refractivity contribution in [3.05, 3.63) is 22.4 Å². The summed E-state index contributed by atoms with van der Waals surface area (Å²) in [6.07, 6.45) is 0.818. The van der Waals surface area contributed by atoms with Crippen LogP contribution in [0.3, 0.4) is 0 Å². The first-order chi connectivity index (χ1) is 9.85. The molecule has 1 aliphatic rings. The van der Waals surface area contributed by atoms with Gasteiger partial charge in [0.1, 0.15) is 5.60 Å². The standard InChI is InChI=1S/C16H26N2O2S/c1-12(14-6-5-9-21-14)18-8-7-13(11-18)10-17-15(19)20-16(2,3)4/h5-6,9,12-13H,7-8,10-11H2,1-4H3,(H,17,19)/t12-,13-/m0/s1. The Morgan fingerprint density at radius 1 is 1.57 bits per heavy atom. The molecule has 0 aromatic carbocycles. The third-order valence-corrected chi connectivity index (χ3v) is 4.80. The number of nitrogens with one attached hydrogen (secondary N) is 1. The molecule has 21 heavy (non-hydrogen) atoms. The Morgan fingerprint density at radius 3 is 2.95 bits per heavy atom. The van der Waals surface area contributed by atoms with Crippen molar-refractivity contribution >= 4 is 17.4 Å². The van der Waals surface area contributed by atoms with E-state index >= 15 is 0 Å². The molecule has 4 nitrogen and oxygen atoms in total. The largest absolute Gasteiger partial charge is 0.444 e. The van der Waals surface area contributed by atoms with Crippen molar-refractivity contribution in [1.82, 2.24) is 10.2 Å². The van der Waals surface area contributed by atoms with Crippen LogP contribution in [0.5, 0.6) is 0 Å². The smallest absolute Gasteiger partial charge is 0.407 e. The lowest BCUT2D eigenvalue weighted by molar-refractivity contribution is 0.0519. The van der Waals surface area contributed by atoms with E-state index < -0.39 is 5.60 Å². The minimum absolute atomic E-state index is 0.313. The zero-order valence-corrected chi connectivity index (χ0v) is 14.2. The first kappa shape index (κ1) is 16.3. The van der Waals surface area contributed by atoms with Gasteiger partial charge in [-0.1, -0.05) is 6.07 Å². The van der Waals surface area contributed by atoms with Gasteiger partial charge in [-0.15, -0.1) is 11.3 Å². The Labute approximate surface area is 131 Å². The summed E-state index contributed by atoms with van der Waals surface area (Å²) in [5.74, 6) is 0.514. The van der Waals surface area contributed by atoms with E-state index in [1.165, 1.54) is 4.88 Å². The molecule has 1 N–H and O–H groups in total. The van der Waals surface area contributed by atoms with Gasteiger partial charge in [0.25, 0.3) is 0 Å². The molecular formula is C16H26N2O2S. The number of alkyl carbamates (subject to hydrolysis) is 1. The molecule has 1 aromatic heterocycles. The third-order valence-electron chi connectivity index (χ3n) is 3.75. The second-order valence-corrected chi connectivity index (χ2v) is 7.70. The number of thiophene rings is 1. The van der Waals surface area contributed by atoms with Crippen molar-refractivity contribution in [3.8, 4) is 0 Å². The van der Waals surface area contributed by atoms with E-state index in [0.717, 1.165) is 19.5 Å². The average Bonchev–Trinajstić information content (AvgIpc) is 3.05. The van der Waals surface area contributed by atoms with E-state index in [2.05, 4.69) is 34.7 Å². The van der Waals surface area contributed by atoms with E-state index in [0.29, 0.717) is 18.5 Å². The first-order valence-corrected chi connectivity index (χ1v) is 8.47. The van der Waals surface area contributed by atoms with Gasteiger partial charge in [0.2, 0.25) is 0 Å². The van der Waals surface area contributed by atoms with Crippen molar-refractivity contribution in [2.45, 2.75) is 45.8 Å². The summed E-state index contributed by atoms with van der Waals surface area (Å²) in [5, 5.41) is 5.02. The highest BCUT2D eigenvalue weighted by molar-refractivity contribution is 7.10. The van der Waals surface area contributed by atoms with Crippen molar-refractivity contribution in [1.29, 1.82) is 0 Å². The van der Waals surface area contributed by atoms with Gasteiger partial charge in [-0.3, -0.25) is 4.90 Å². The lowest BCUT2D eigenvalue weighted by atomic mass is 10.1. The Kier molecular flexibility index (Phi) is 5.27. The molecule has 1 amide bonds. The maximum Gasteiger partial charge on any atom is 0.407 e. The van der Waals surface area contributed by atoms with Crippen LogP contribution in [-0.4, -0.2) is 36.2 Å². The quantitative estimate of drug-likeness (QED) is 0.923. The molecule has 1 aromatic rings. The molecule has 5 heteroatoms. The Balaban J connectivity index is 1.74. The number of nitrogens with zero attached hydrogens (tertiary/aromatic N) is 1. The SMILES string of the molecule is C[C@@H](c1cccs1)N1CC[C@@H](CNC(=O)OC(C)(C)C)C1. The molecule has 118 valence electrons. The molecule has 0 unspecified atom stereocenters. The van der Waals surface area contributed by atoms with Crippen LogP contribution in [0.25, 0.3) is 0 Å². The van der Waals surface area contributed by atoms with Crippen LogP contribution in [0.15, 0.2) is 17.5 Å². The molecule has 2 atom stereocenters. The number of carbonyl (C=O) groups excluding carboxylic acids is 1. The first-order valence-electron chi connectivity index (χ1n) is 7.59. The number of hydrogen-bond donors (Lipinski definition) is 1. The minimum atomic E-state index is -0.431. The van der Waals surface area contributed by atoms with Crippen LogP contribution in [-0.2, 0) is 4.74 Å². The Hall–Kier alpha value is -1.07. The van der Waals surface area contributed by atoms with Crippen LogP contribution in [0.2, 0.25) is 0 Å². The summed E-state index contributed by atoms with van der Waals surface area (Å²) in [4.78, 5) is 15.6. The molecule has 0 saturated carbocycles. The number of carbonyl (C=O) groups is 1. The molecule has 1 fully saturated rings. The van der Waals surface area contributed by atoms with Crippen LogP contribution >= 0.6 is 11.3 Å². The van der Waals surface area contributed by atoms with E-state index in [4.69, 9.17) is 4.74 Å². The topological polar surface area (TPSA) is 41.6 Å². The summed E-state index contributed by atoms with van der Waals surface area (Å²) in [5.41, 5.74) is -0.431. The highest BCUT2D eigenvalue weighted by atomic mass is 32.1. The van der Waals surface area contributed by atoms with Crippen molar-refractivity contribution in [3.63, 3.8) is 0 Å². The maximum atomic E-state index is 11.7. The fourth-order valence-electron chi connectivity index (χ4n) is 2.63. The minimum Gasteiger partial charge on any atom is -0.444 e. The average molecular weight is 310 g/mol. The monoisotopic (exact) mass is 310 g/mol. The van der Waals surface area contributed by atoms with Crippen molar-refractivity contribution < 1.29 is 9.53 Å². The molecular weight excluding hydrogens is 284 g/mol. The Morgan fingerprint density at radius 2 is 2.33 bits per heavy atom. The molecule has 0 radical (unpaired) electrons. The van der Waals surface area contributed by atoms with Crippen molar-refractivity contribution in [2.24, 2.45) is 5.92 Å². The van der Waals surface area contributed by atoms with Gasteiger partial charge >= 0.3 is 6.09 Å². The molecule has 2 rings (SSSR count). The van der Waals surface area contributed by atoms with Crippen LogP contribution in [0.4, 0.5) is 4.79 Å². The summed E-state index contributed by atoms with van der Waals surface area (Å²) in [7, 11) is 0. The number of hydrogen-bond acceptors (Lipinski definition) is 4. The predicted octanol–water partition coefficient (Wildman–Crippen LogP) is 3.66. The van der Waals surface area contributed by atoms with Crippen LogP contribution < -0.4 is 5.32 Å². The molecule has 1 aliphatic heterocycles. The van der Waals surface area contributed by atoms with Gasteiger partial charge in [-0.2, -0.15) is 0 Å². The summed E-state index contributed by atoms with van der Waals surface area (Å²) >= 11 is 1.81. The van der Waals surface area contributed by atoms with E-state index in [1.54, 1.807) is 0 Å². The zero-order chi connectivity index (χ0) is 15.5. The lowest BCUT2D eigenvalue weighted by Gasteiger charge is -2.24. The highest BCUT2D eigenvalue weighted by Crippen LogP contribution is 2.29. The summed E-state index contributed by atoms with van der Waals surface area (Å²) < 4.78 is 5.27. The van der Waals surface area contributed by atoms with Gasteiger partial charge < -0.3 is 10.1 Å². The second kappa shape index (κ2) is 6.79. The predicted molar refractivity (Wildman–Crippen MR) is 86.7 cm³/mol. The Bertz CT molecular complexity index is 453. The van der Waals surface area contributed by atoms with Crippen LogP contribution in [0, 0.1) is 5.92 Å². The fraction of sp³-hybridized carbons (Fsp3) is 0.688. The molecule has 1 saturated heterocycles. The highest BCUT2D eigenvalue weighted by Gasteiger charge is 2.27. The second-order valence-electron chi connectivity index (χ2n) is 6.72. The van der Waals surface area contributed by atoms with E-state index in [-0.39, 0.29) is 6.09 Å². The summed E-state index contributed by atoms with van der Waals surface area (Å²) in [6, 6.07) is 4.77. The lowest BCUT2D eigenvalue weighted by Crippen LogP contribution is -2.36. The third kappa shape index (κ3) is 5.00. The van der Waals surface area contributed by atoms with Gasteiger partial charge in [-0.05, 0) is 58.0 Å². The fourth-order valence-corrected chi connectivity index (χ4v) is 3.45. The zero-order valence-electron chi connectivity index (χ0n) is 13.4. The van der Waals surface area contributed by atoms with E-state index in [1.807, 2.05) is 32.1 Å². The normalized spacial score (nSPS) is 21.2. The number of likely N-dealkylation sites (tertiary alicyclic amines) is 1. The van der Waals surface area contributed by atoms with Gasteiger partial charge in [0, 0.05) is 24.0 Å². The van der Waals surface area contributed by atoms with Crippen LogP contribution in [0.1, 0.15) is 45.0 Å². The number of amides is 1. The molecule has 0 bridgehead atoms. The number of ether oxygens (including phenoxy) is 1. The van der Waals surface area contributed by atoms with Gasteiger partial charge in [0.05, 0.1) is 0 Å². The molecule has 0 spiro atoms. The molecule has 2 heterocycles.